The number of hydrogen-bond acceptors (Lipinski definition) is 5. The fourth-order valence-electron chi connectivity index (χ4n) is 1.27. The van der Waals surface area contributed by atoms with Gasteiger partial charge in [0, 0.05) is 0 Å². The molecule has 2 rings (SSSR count). The summed E-state index contributed by atoms with van der Waals surface area (Å²) in [6.45, 7) is 1.91. The van der Waals surface area contributed by atoms with Crippen molar-refractivity contribution in [2.75, 3.05) is 5.32 Å². The topological polar surface area (TPSA) is 79.4 Å². The van der Waals surface area contributed by atoms with Crippen LogP contribution >= 0.6 is 0 Å². The molecule has 1 heterocycles. The average Bonchev–Trinajstić information content (AvgIpc) is 2.74. The third-order valence-corrected chi connectivity index (χ3v) is 2.01. The lowest BCUT2D eigenvalue weighted by Gasteiger charge is -2.05. The largest absolute Gasteiger partial charge is 0.293 e. The second kappa shape index (κ2) is 3.75. The van der Waals surface area contributed by atoms with E-state index < -0.39 is 0 Å². The zero-order valence-electron chi connectivity index (χ0n) is 8.05. The number of nitrogens with one attached hydrogen (secondary N) is 1. The van der Waals surface area contributed by atoms with E-state index in [0.29, 0.717) is 0 Å². The molecule has 0 saturated heterocycles. The first-order chi connectivity index (χ1) is 7.31. The monoisotopic (exact) mass is 200 g/mol. The van der Waals surface area contributed by atoms with Gasteiger partial charge < -0.3 is 0 Å². The van der Waals surface area contributed by atoms with Crippen LogP contribution in [0.1, 0.15) is 5.56 Å². The highest BCUT2D eigenvalue weighted by Crippen LogP contribution is 2.17. The smallest absolute Gasteiger partial charge is 0.181 e. The number of aromatic nitrogens is 4. The Morgan fingerprint density at radius 2 is 2.33 bits per heavy atom. The van der Waals surface area contributed by atoms with Gasteiger partial charge in [0.15, 0.2) is 6.19 Å². The van der Waals surface area contributed by atoms with Crippen LogP contribution in [-0.4, -0.2) is 20.2 Å². The third-order valence-electron chi connectivity index (χ3n) is 2.01. The van der Waals surface area contributed by atoms with Crippen molar-refractivity contribution in [2.24, 2.45) is 0 Å². The molecule has 6 heteroatoms. The minimum Gasteiger partial charge on any atom is -0.293 e. The molecule has 0 bridgehead atoms. The Hall–Kier alpha value is -2.42. The number of rotatable bonds is 2. The van der Waals surface area contributed by atoms with Crippen LogP contribution < -0.4 is 5.32 Å². The maximum atomic E-state index is 8.50. The van der Waals surface area contributed by atoms with Crippen molar-refractivity contribution in [2.45, 2.75) is 6.92 Å². The Morgan fingerprint density at radius 1 is 1.47 bits per heavy atom. The first-order valence-electron chi connectivity index (χ1n) is 4.30. The summed E-state index contributed by atoms with van der Waals surface area (Å²) >= 11 is 0. The van der Waals surface area contributed by atoms with E-state index in [1.165, 1.54) is 6.33 Å². The Morgan fingerprint density at radius 3 is 2.93 bits per heavy atom. The van der Waals surface area contributed by atoms with E-state index >= 15 is 0 Å². The van der Waals surface area contributed by atoms with E-state index in [4.69, 9.17) is 5.26 Å². The van der Waals surface area contributed by atoms with Gasteiger partial charge in [-0.1, -0.05) is 0 Å². The van der Waals surface area contributed by atoms with Crippen molar-refractivity contribution < 1.29 is 0 Å². The van der Waals surface area contributed by atoms with Crippen LogP contribution in [0.15, 0.2) is 24.5 Å². The van der Waals surface area contributed by atoms with Gasteiger partial charge in [-0.25, -0.2) is 4.68 Å². The highest BCUT2D eigenvalue weighted by atomic mass is 15.5. The molecule has 0 unspecified atom stereocenters. The molecule has 0 aliphatic rings. The molecule has 6 nitrogen and oxygen atoms in total. The number of aryl methyl sites for hydroxylation is 1. The SMILES string of the molecule is Cc1cc(-n2cnnn2)ccc1NC#N. The van der Waals surface area contributed by atoms with E-state index in [9.17, 15) is 0 Å². The number of anilines is 1. The molecule has 0 atom stereocenters. The molecule has 0 fully saturated rings. The van der Waals surface area contributed by atoms with Gasteiger partial charge in [-0.2, -0.15) is 5.26 Å². The van der Waals surface area contributed by atoms with E-state index in [1.807, 2.05) is 31.3 Å². The minimum atomic E-state index is 0.786. The van der Waals surface area contributed by atoms with E-state index in [2.05, 4.69) is 20.8 Å². The van der Waals surface area contributed by atoms with Crippen molar-refractivity contribution in [3.63, 3.8) is 0 Å². The van der Waals surface area contributed by atoms with E-state index in [0.717, 1.165) is 16.9 Å². The summed E-state index contributed by atoms with van der Waals surface area (Å²) in [7, 11) is 0. The van der Waals surface area contributed by atoms with Gasteiger partial charge in [0.2, 0.25) is 0 Å². The number of benzene rings is 1. The lowest BCUT2D eigenvalue weighted by atomic mass is 10.2. The number of nitrogens with zero attached hydrogens (tertiary/aromatic N) is 5. The molecular weight excluding hydrogens is 192 g/mol. The predicted molar refractivity (Wildman–Crippen MR) is 53.1 cm³/mol. The molecule has 2 aromatic rings. The molecule has 0 spiro atoms. The van der Waals surface area contributed by atoms with Gasteiger partial charge in [0.1, 0.15) is 6.33 Å². The highest BCUT2D eigenvalue weighted by molar-refractivity contribution is 5.57. The standard InChI is InChI=1S/C9H8N6/c1-7-4-8(15-6-12-13-14-15)2-3-9(7)11-5-10/h2-4,6,11H,1H3. The van der Waals surface area contributed by atoms with E-state index in [-0.39, 0.29) is 0 Å². The Labute approximate surface area is 86.1 Å². The summed E-state index contributed by atoms with van der Waals surface area (Å²) in [6, 6.07) is 5.55. The number of hydrogen-bond donors (Lipinski definition) is 1. The molecule has 0 saturated carbocycles. The second-order valence-electron chi connectivity index (χ2n) is 2.99. The summed E-state index contributed by atoms with van der Waals surface area (Å²) in [4.78, 5) is 0. The van der Waals surface area contributed by atoms with Crippen molar-refractivity contribution in [1.82, 2.24) is 20.2 Å². The van der Waals surface area contributed by atoms with Crippen LogP contribution in [-0.2, 0) is 0 Å². The molecule has 1 N–H and O–H groups in total. The van der Waals surface area contributed by atoms with Crippen LogP contribution in [0.25, 0.3) is 5.69 Å². The minimum absolute atomic E-state index is 0.786. The van der Waals surface area contributed by atoms with Crippen molar-refractivity contribution in [3.8, 4) is 11.9 Å². The van der Waals surface area contributed by atoms with Gasteiger partial charge in [-0.3, -0.25) is 5.32 Å². The predicted octanol–water partition coefficient (Wildman–Crippen LogP) is 0.864. The lowest BCUT2D eigenvalue weighted by Crippen LogP contribution is -1.97. The van der Waals surface area contributed by atoms with Gasteiger partial charge >= 0.3 is 0 Å². The van der Waals surface area contributed by atoms with Crippen LogP contribution in [0, 0.1) is 18.4 Å². The summed E-state index contributed by atoms with van der Waals surface area (Å²) in [5.41, 5.74) is 2.61. The molecule has 0 radical (unpaired) electrons. The summed E-state index contributed by atoms with van der Waals surface area (Å²) in [5, 5.41) is 22.0. The molecule has 0 amide bonds. The van der Waals surface area contributed by atoms with Gasteiger partial charge in [0.25, 0.3) is 0 Å². The Kier molecular flexibility index (Phi) is 2.29. The van der Waals surface area contributed by atoms with Gasteiger partial charge in [-0.05, 0) is 41.1 Å². The van der Waals surface area contributed by atoms with Gasteiger partial charge in [0.05, 0.1) is 11.4 Å². The fraction of sp³-hybridized carbons (Fsp3) is 0.111. The zero-order valence-corrected chi connectivity index (χ0v) is 8.05. The number of nitriles is 1. The third kappa shape index (κ3) is 1.76. The molecule has 1 aromatic carbocycles. The van der Waals surface area contributed by atoms with Crippen LogP contribution in [0.3, 0.4) is 0 Å². The van der Waals surface area contributed by atoms with Gasteiger partial charge in [-0.15, -0.1) is 5.10 Å². The summed E-state index contributed by atoms with van der Waals surface area (Å²) < 4.78 is 1.56. The molecule has 74 valence electrons. The molecule has 15 heavy (non-hydrogen) atoms. The maximum Gasteiger partial charge on any atom is 0.181 e. The lowest BCUT2D eigenvalue weighted by molar-refractivity contribution is 0.788. The zero-order chi connectivity index (χ0) is 10.7. The van der Waals surface area contributed by atoms with Crippen molar-refractivity contribution in [3.05, 3.63) is 30.1 Å². The Bertz CT molecular complexity index is 496. The molecule has 0 aliphatic carbocycles. The summed E-state index contributed by atoms with van der Waals surface area (Å²) in [5.74, 6) is 0. The Balaban J connectivity index is 2.39. The first kappa shape index (κ1) is 9.15. The first-order valence-corrected chi connectivity index (χ1v) is 4.30. The molecule has 1 aromatic heterocycles. The van der Waals surface area contributed by atoms with Crippen molar-refractivity contribution >= 4 is 5.69 Å². The molecule has 0 aliphatic heterocycles. The van der Waals surface area contributed by atoms with Crippen LogP contribution in [0.4, 0.5) is 5.69 Å². The number of tetrazole rings is 1. The molecular formula is C9H8N6. The van der Waals surface area contributed by atoms with Crippen LogP contribution in [0.2, 0.25) is 0 Å². The van der Waals surface area contributed by atoms with E-state index in [1.54, 1.807) is 4.68 Å². The normalized spacial score (nSPS) is 9.60. The maximum absolute atomic E-state index is 8.50. The second-order valence-corrected chi connectivity index (χ2v) is 2.99. The van der Waals surface area contributed by atoms with Crippen LogP contribution in [0.5, 0.6) is 0 Å². The van der Waals surface area contributed by atoms with Crippen molar-refractivity contribution in [1.29, 1.82) is 5.26 Å². The highest BCUT2D eigenvalue weighted by Gasteiger charge is 2.01. The fourth-order valence-corrected chi connectivity index (χ4v) is 1.27. The average molecular weight is 200 g/mol. The summed E-state index contributed by atoms with van der Waals surface area (Å²) in [6.07, 6.45) is 3.40. The quantitative estimate of drug-likeness (QED) is 0.574.